The Labute approximate surface area is 110 Å². The van der Waals surface area contributed by atoms with Crippen molar-refractivity contribution in [2.45, 2.75) is 19.4 Å². The molecule has 3 amide bonds. The molecule has 2 N–H and O–H groups in total. The summed E-state index contributed by atoms with van der Waals surface area (Å²) in [4.78, 5) is 37.1. The van der Waals surface area contributed by atoms with Crippen LogP contribution in [0.4, 0.5) is 5.69 Å². The van der Waals surface area contributed by atoms with E-state index < -0.39 is 23.3 Å². The Kier molecular flexibility index (Phi) is 2.90. The second-order valence-corrected chi connectivity index (χ2v) is 4.74. The first kappa shape index (κ1) is 13.2. The molecule has 0 atom stereocenters. The minimum absolute atomic E-state index is 0.0766. The van der Waals surface area contributed by atoms with E-state index in [2.05, 4.69) is 0 Å². The molecule has 2 rings (SSSR count). The lowest BCUT2D eigenvalue weighted by Gasteiger charge is -2.25. The third-order valence-electron chi connectivity index (χ3n) is 3.18. The number of fused-ring (bicyclic) bond motifs is 1. The zero-order chi connectivity index (χ0) is 14.4. The number of nitrogens with zero attached hydrogens (tertiary/aromatic N) is 1. The highest BCUT2D eigenvalue weighted by Gasteiger charge is 2.46. The number of hydrogen-bond acceptors (Lipinski definition) is 5. The molecule has 1 aliphatic rings. The van der Waals surface area contributed by atoms with E-state index in [1.807, 2.05) is 0 Å². The number of benzene rings is 1. The van der Waals surface area contributed by atoms with E-state index in [4.69, 9.17) is 10.5 Å². The molecule has 1 aromatic carbocycles. The maximum atomic E-state index is 12.2. The van der Waals surface area contributed by atoms with Crippen molar-refractivity contribution in [3.8, 4) is 0 Å². The second kappa shape index (κ2) is 4.17. The average Bonchev–Trinajstić information content (AvgIpc) is 2.62. The molecule has 0 aromatic heterocycles. The molecule has 0 saturated heterocycles. The van der Waals surface area contributed by atoms with Gasteiger partial charge >= 0.3 is 0 Å². The van der Waals surface area contributed by atoms with Crippen molar-refractivity contribution in [2.24, 2.45) is 0 Å². The largest absolute Gasteiger partial charge is 0.398 e. The SMILES string of the molecule is COC(C)(C)C(=O)N1C(=O)c2cccc(N)c2C1=O. The van der Waals surface area contributed by atoms with Gasteiger partial charge < -0.3 is 10.5 Å². The maximum Gasteiger partial charge on any atom is 0.270 e. The third-order valence-corrected chi connectivity index (χ3v) is 3.18. The van der Waals surface area contributed by atoms with Crippen LogP contribution in [0, 0.1) is 0 Å². The van der Waals surface area contributed by atoms with Gasteiger partial charge in [-0.2, -0.15) is 0 Å². The minimum atomic E-state index is -1.26. The van der Waals surface area contributed by atoms with Crippen molar-refractivity contribution in [3.63, 3.8) is 0 Å². The van der Waals surface area contributed by atoms with Crippen LogP contribution in [-0.2, 0) is 9.53 Å². The van der Waals surface area contributed by atoms with Gasteiger partial charge in [0.15, 0.2) is 0 Å². The molecular weight excluding hydrogens is 248 g/mol. The third kappa shape index (κ3) is 1.80. The number of amides is 3. The summed E-state index contributed by atoms with van der Waals surface area (Å²) in [6.45, 7) is 2.98. The molecule has 0 saturated carbocycles. The summed E-state index contributed by atoms with van der Waals surface area (Å²) < 4.78 is 5.01. The van der Waals surface area contributed by atoms with Crippen LogP contribution in [0.1, 0.15) is 34.6 Å². The predicted molar refractivity (Wildman–Crippen MR) is 67.4 cm³/mol. The number of ether oxygens (including phenoxy) is 1. The van der Waals surface area contributed by atoms with Gasteiger partial charge in [-0.15, -0.1) is 0 Å². The molecule has 0 unspecified atom stereocenters. The van der Waals surface area contributed by atoms with Crippen molar-refractivity contribution in [1.82, 2.24) is 4.90 Å². The number of carbonyl (C=O) groups excluding carboxylic acids is 3. The van der Waals surface area contributed by atoms with Gasteiger partial charge in [0.2, 0.25) is 0 Å². The van der Waals surface area contributed by atoms with E-state index >= 15 is 0 Å². The lowest BCUT2D eigenvalue weighted by atomic mass is 10.1. The summed E-state index contributed by atoms with van der Waals surface area (Å²) >= 11 is 0. The summed E-state index contributed by atoms with van der Waals surface area (Å²) in [7, 11) is 1.34. The number of rotatable bonds is 2. The second-order valence-electron chi connectivity index (χ2n) is 4.74. The van der Waals surface area contributed by atoms with Crippen LogP contribution >= 0.6 is 0 Å². The van der Waals surface area contributed by atoms with Crippen molar-refractivity contribution in [1.29, 1.82) is 0 Å². The number of methoxy groups -OCH3 is 1. The Balaban J connectivity index is 2.50. The summed E-state index contributed by atoms with van der Waals surface area (Å²) in [5.41, 5.74) is 4.83. The number of anilines is 1. The van der Waals surface area contributed by atoms with E-state index in [1.54, 1.807) is 6.07 Å². The fraction of sp³-hybridized carbons (Fsp3) is 0.308. The summed E-state index contributed by atoms with van der Waals surface area (Å²) in [6.07, 6.45) is 0. The number of carbonyl (C=O) groups is 3. The molecule has 19 heavy (non-hydrogen) atoms. The summed E-state index contributed by atoms with van der Waals surface area (Å²) in [5.74, 6) is -2.07. The van der Waals surface area contributed by atoms with E-state index in [-0.39, 0.29) is 16.8 Å². The highest BCUT2D eigenvalue weighted by molar-refractivity contribution is 6.31. The van der Waals surface area contributed by atoms with E-state index in [0.29, 0.717) is 4.90 Å². The van der Waals surface area contributed by atoms with Crippen LogP contribution in [0.25, 0.3) is 0 Å². The first-order chi connectivity index (χ1) is 8.81. The van der Waals surface area contributed by atoms with Crippen LogP contribution in [0.15, 0.2) is 18.2 Å². The minimum Gasteiger partial charge on any atom is -0.398 e. The molecule has 0 fully saturated rings. The molecule has 1 heterocycles. The molecule has 1 aliphatic heterocycles. The van der Waals surface area contributed by atoms with Crippen molar-refractivity contribution >= 4 is 23.4 Å². The van der Waals surface area contributed by atoms with Gasteiger partial charge in [-0.25, -0.2) is 4.90 Å². The highest BCUT2D eigenvalue weighted by Crippen LogP contribution is 2.29. The molecule has 0 radical (unpaired) electrons. The van der Waals surface area contributed by atoms with E-state index in [1.165, 1.54) is 33.1 Å². The first-order valence-electron chi connectivity index (χ1n) is 5.68. The van der Waals surface area contributed by atoms with Gasteiger partial charge in [0.05, 0.1) is 11.1 Å². The van der Waals surface area contributed by atoms with Gasteiger partial charge in [-0.1, -0.05) is 6.07 Å². The van der Waals surface area contributed by atoms with Crippen LogP contribution in [0.2, 0.25) is 0 Å². The van der Waals surface area contributed by atoms with Crippen LogP contribution in [0.3, 0.4) is 0 Å². The Hall–Kier alpha value is -2.21. The van der Waals surface area contributed by atoms with Gasteiger partial charge in [0, 0.05) is 12.8 Å². The Morgan fingerprint density at radius 2 is 1.89 bits per heavy atom. The van der Waals surface area contributed by atoms with Gasteiger partial charge in [-0.3, -0.25) is 14.4 Å². The van der Waals surface area contributed by atoms with Crippen LogP contribution in [-0.4, -0.2) is 35.3 Å². The number of hydrogen-bond donors (Lipinski definition) is 1. The number of nitrogen functional groups attached to an aromatic ring is 1. The average molecular weight is 262 g/mol. The maximum absolute atomic E-state index is 12.2. The molecule has 0 aliphatic carbocycles. The van der Waals surface area contributed by atoms with Crippen molar-refractivity contribution in [3.05, 3.63) is 29.3 Å². The van der Waals surface area contributed by atoms with E-state index in [0.717, 1.165) is 0 Å². The molecule has 0 bridgehead atoms. The number of imide groups is 3. The first-order valence-corrected chi connectivity index (χ1v) is 5.68. The molecule has 100 valence electrons. The topological polar surface area (TPSA) is 89.7 Å². The zero-order valence-electron chi connectivity index (χ0n) is 10.9. The Morgan fingerprint density at radius 3 is 2.42 bits per heavy atom. The van der Waals surface area contributed by atoms with Crippen molar-refractivity contribution < 1.29 is 19.1 Å². The summed E-state index contributed by atoms with van der Waals surface area (Å²) in [6, 6.07) is 4.55. The highest BCUT2D eigenvalue weighted by atomic mass is 16.5. The Bertz CT molecular complexity index is 592. The smallest absolute Gasteiger partial charge is 0.270 e. The van der Waals surface area contributed by atoms with Gasteiger partial charge in [0.1, 0.15) is 5.60 Å². The standard InChI is InChI=1S/C13H14N2O4/c1-13(2,19-3)12(18)15-10(16)7-5-4-6-8(14)9(7)11(15)17/h4-6H,14H2,1-3H3. The van der Waals surface area contributed by atoms with Crippen molar-refractivity contribution in [2.75, 3.05) is 12.8 Å². The monoisotopic (exact) mass is 262 g/mol. The summed E-state index contributed by atoms with van der Waals surface area (Å²) in [5, 5.41) is 0. The predicted octanol–water partition coefficient (Wildman–Crippen LogP) is 0.816. The lowest BCUT2D eigenvalue weighted by Crippen LogP contribution is -2.49. The van der Waals surface area contributed by atoms with Crippen LogP contribution in [0.5, 0.6) is 0 Å². The normalized spacial score (nSPS) is 14.8. The van der Waals surface area contributed by atoms with Gasteiger partial charge in [-0.05, 0) is 26.0 Å². The Morgan fingerprint density at radius 1 is 1.26 bits per heavy atom. The molecule has 6 nitrogen and oxygen atoms in total. The number of nitrogens with two attached hydrogens (primary N) is 1. The molecular formula is C13H14N2O4. The van der Waals surface area contributed by atoms with Crippen LogP contribution < -0.4 is 5.73 Å². The lowest BCUT2D eigenvalue weighted by molar-refractivity contribution is -0.145. The fourth-order valence-electron chi connectivity index (χ4n) is 1.85. The zero-order valence-corrected chi connectivity index (χ0v) is 10.9. The molecule has 0 spiro atoms. The quantitative estimate of drug-likeness (QED) is 0.629. The molecule has 1 aromatic rings. The molecule has 6 heteroatoms. The fourth-order valence-corrected chi connectivity index (χ4v) is 1.85. The van der Waals surface area contributed by atoms with Gasteiger partial charge in [0.25, 0.3) is 17.7 Å². The van der Waals surface area contributed by atoms with E-state index in [9.17, 15) is 14.4 Å².